The van der Waals surface area contributed by atoms with E-state index in [4.69, 9.17) is 0 Å². The van der Waals surface area contributed by atoms with Crippen molar-refractivity contribution in [2.45, 2.75) is 31.4 Å². The second-order valence-electron chi connectivity index (χ2n) is 4.56. The van der Waals surface area contributed by atoms with Gasteiger partial charge in [-0.1, -0.05) is 6.92 Å². The van der Waals surface area contributed by atoms with Gasteiger partial charge >= 0.3 is 29.6 Å². The Kier molecular flexibility index (Phi) is 7.01. The van der Waals surface area contributed by atoms with Crippen LogP contribution in [0.15, 0.2) is 4.40 Å². The van der Waals surface area contributed by atoms with Crippen LogP contribution in [0, 0.1) is 11.8 Å². The average molecular weight is 305 g/mol. The van der Waals surface area contributed by atoms with E-state index >= 15 is 0 Å². The van der Waals surface area contributed by atoms with Crippen molar-refractivity contribution >= 4 is 26.4 Å². The molecule has 100 valence electrons. The van der Waals surface area contributed by atoms with Gasteiger partial charge in [0.15, 0.2) is 0 Å². The van der Waals surface area contributed by atoms with Gasteiger partial charge in [0.25, 0.3) is 0 Å². The minimum atomic E-state index is -4.30. The summed E-state index contributed by atoms with van der Waals surface area (Å²) < 4.78 is 57.9. The van der Waals surface area contributed by atoms with E-state index in [0.29, 0.717) is 12.8 Å². The van der Waals surface area contributed by atoms with Gasteiger partial charge in [-0.3, -0.25) is 0 Å². The Bertz CT molecular complexity index is 499. The van der Waals surface area contributed by atoms with Crippen molar-refractivity contribution in [2.24, 2.45) is 16.2 Å². The molecule has 0 radical (unpaired) electrons. The zero-order valence-electron chi connectivity index (χ0n) is 10.7. The molecule has 9 heteroatoms. The van der Waals surface area contributed by atoms with Gasteiger partial charge in [-0.05, 0) is 31.1 Å². The van der Waals surface area contributed by atoms with Crippen molar-refractivity contribution in [1.82, 2.24) is 0 Å². The molecule has 0 heterocycles. The Balaban J connectivity index is 0.00000289. The molecule has 0 bridgehead atoms. The molecular formula is C9H16NNaO5S2. The molecule has 6 nitrogen and oxygen atoms in total. The molecule has 0 aromatic rings. The van der Waals surface area contributed by atoms with E-state index in [1.807, 2.05) is 6.92 Å². The van der Waals surface area contributed by atoms with Crippen molar-refractivity contribution in [3.05, 3.63) is 0 Å². The Morgan fingerprint density at radius 3 is 2.22 bits per heavy atom. The number of hydrogen-bond donors (Lipinski definition) is 0. The molecule has 0 saturated heterocycles. The van der Waals surface area contributed by atoms with Crippen molar-refractivity contribution in [3.63, 3.8) is 0 Å². The zero-order valence-corrected chi connectivity index (χ0v) is 14.4. The number of nitrogens with zero attached hydrogens (tertiary/aromatic N) is 1. The molecule has 3 unspecified atom stereocenters. The summed E-state index contributed by atoms with van der Waals surface area (Å²) in [7, 11) is -7.76. The summed E-state index contributed by atoms with van der Waals surface area (Å²) in [6.45, 7) is 1.90. The predicted molar refractivity (Wildman–Crippen MR) is 63.3 cm³/mol. The summed E-state index contributed by atoms with van der Waals surface area (Å²) in [5.41, 5.74) is 0. The Morgan fingerprint density at radius 2 is 1.78 bits per heavy atom. The third-order valence-corrected chi connectivity index (χ3v) is 4.81. The first kappa shape index (κ1) is 18.5. The number of hydrogen-bond acceptors (Lipinski definition) is 5. The summed E-state index contributed by atoms with van der Waals surface area (Å²) in [5, 5.41) is -0.922. The fourth-order valence-electron chi connectivity index (χ4n) is 1.98. The summed E-state index contributed by atoms with van der Waals surface area (Å²) in [6.07, 6.45) is 3.32. The fraction of sp³-hybridized carbons (Fsp3) is 0.889. The Labute approximate surface area is 130 Å². The minimum absolute atomic E-state index is 0. The van der Waals surface area contributed by atoms with E-state index in [1.165, 1.54) is 6.21 Å². The van der Waals surface area contributed by atoms with E-state index in [-0.39, 0.29) is 47.8 Å². The van der Waals surface area contributed by atoms with Crippen LogP contribution in [-0.4, -0.2) is 39.1 Å². The van der Waals surface area contributed by atoms with Crippen LogP contribution in [0.5, 0.6) is 0 Å². The van der Waals surface area contributed by atoms with Gasteiger partial charge in [0, 0.05) is 6.21 Å². The molecule has 0 spiro atoms. The van der Waals surface area contributed by atoms with E-state index < -0.39 is 25.4 Å². The SMILES string of the molecule is CC1CCC(S(=O)(=O)[O-])CC1/C=N\S(C)(=O)=O.[Na+]. The molecule has 0 aliphatic heterocycles. The van der Waals surface area contributed by atoms with Crippen LogP contribution in [0.4, 0.5) is 0 Å². The molecule has 1 aliphatic rings. The molecule has 0 aromatic carbocycles. The summed E-state index contributed by atoms with van der Waals surface area (Å²) in [6, 6.07) is 0. The quantitative estimate of drug-likeness (QED) is 0.322. The molecule has 1 saturated carbocycles. The average Bonchev–Trinajstić information content (AvgIpc) is 2.13. The van der Waals surface area contributed by atoms with E-state index in [0.717, 1.165) is 6.26 Å². The smallest absolute Gasteiger partial charge is 0.748 e. The molecule has 3 atom stereocenters. The van der Waals surface area contributed by atoms with Crippen LogP contribution in [0.2, 0.25) is 0 Å². The Hall–Kier alpha value is 0.530. The minimum Gasteiger partial charge on any atom is -0.748 e. The summed E-state index contributed by atoms with van der Waals surface area (Å²) in [5.74, 6) is -0.134. The second-order valence-corrected chi connectivity index (χ2v) is 7.89. The maximum Gasteiger partial charge on any atom is 1.00 e. The van der Waals surface area contributed by atoms with Gasteiger partial charge in [0.05, 0.1) is 21.6 Å². The van der Waals surface area contributed by atoms with Gasteiger partial charge in [-0.15, -0.1) is 0 Å². The van der Waals surface area contributed by atoms with E-state index in [9.17, 15) is 21.4 Å². The van der Waals surface area contributed by atoms with Crippen LogP contribution < -0.4 is 29.6 Å². The molecular weight excluding hydrogens is 289 g/mol. The largest absolute Gasteiger partial charge is 1.00 e. The van der Waals surface area contributed by atoms with Crippen LogP contribution in [-0.2, 0) is 20.1 Å². The summed E-state index contributed by atoms with van der Waals surface area (Å²) >= 11 is 0. The molecule has 18 heavy (non-hydrogen) atoms. The van der Waals surface area contributed by atoms with Gasteiger partial charge < -0.3 is 4.55 Å². The van der Waals surface area contributed by atoms with Crippen molar-refractivity contribution in [2.75, 3.05) is 6.26 Å². The molecule has 0 N–H and O–H groups in total. The molecule has 1 aliphatic carbocycles. The van der Waals surface area contributed by atoms with Gasteiger partial charge in [-0.2, -0.15) is 4.40 Å². The van der Waals surface area contributed by atoms with Crippen LogP contribution in [0.25, 0.3) is 0 Å². The standard InChI is InChI=1S/C9H17NO5S2.Na/c1-7-3-4-9(17(13,14)15)5-8(7)6-10-16(2,11)12;/h6-9H,3-5H2,1-2H3,(H,13,14,15);/q;+1/p-1/b10-6-;. The normalized spacial score (nSPS) is 30.1. The first-order valence-electron chi connectivity index (χ1n) is 5.30. The second kappa shape index (κ2) is 6.81. The van der Waals surface area contributed by atoms with Crippen molar-refractivity contribution in [3.8, 4) is 0 Å². The first-order chi connectivity index (χ1) is 7.59. The first-order valence-corrected chi connectivity index (χ1v) is 8.61. The Morgan fingerprint density at radius 1 is 1.22 bits per heavy atom. The third-order valence-electron chi connectivity index (χ3n) is 3.06. The fourth-order valence-corrected chi connectivity index (χ4v) is 3.24. The topological polar surface area (TPSA) is 104 Å². The van der Waals surface area contributed by atoms with Gasteiger partial charge in [0.1, 0.15) is 0 Å². The number of sulfonamides is 1. The van der Waals surface area contributed by atoms with Crippen LogP contribution >= 0.6 is 0 Å². The van der Waals surface area contributed by atoms with Crippen molar-refractivity contribution in [1.29, 1.82) is 0 Å². The van der Waals surface area contributed by atoms with Gasteiger partial charge in [-0.25, -0.2) is 16.8 Å². The van der Waals surface area contributed by atoms with Crippen molar-refractivity contribution < 1.29 is 50.9 Å². The zero-order chi connectivity index (χ0) is 13.3. The molecule has 1 rings (SSSR count). The molecule has 0 amide bonds. The molecule has 0 aromatic heterocycles. The van der Waals surface area contributed by atoms with E-state index in [1.54, 1.807) is 0 Å². The molecule has 1 fully saturated rings. The third kappa shape index (κ3) is 6.12. The van der Waals surface area contributed by atoms with E-state index in [2.05, 4.69) is 4.40 Å². The maximum atomic E-state index is 10.9. The predicted octanol–water partition coefficient (Wildman–Crippen LogP) is -2.63. The maximum absolute atomic E-state index is 10.9. The monoisotopic (exact) mass is 305 g/mol. The number of rotatable bonds is 3. The van der Waals surface area contributed by atoms with Gasteiger partial charge in [0.2, 0.25) is 10.0 Å². The summed E-state index contributed by atoms with van der Waals surface area (Å²) in [4.78, 5) is 0. The van der Waals surface area contributed by atoms with Crippen LogP contribution in [0.1, 0.15) is 26.2 Å². The van der Waals surface area contributed by atoms with Crippen LogP contribution in [0.3, 0.4) is 0 Å².